The first-order chi connectivity index (χ1) is 13.6. The molecule has 0 saturated heterocycles. The summed E-state index contributed by atoms with van der Waals surface area (Å²) in [7, 11) is 0. The third kappa shape index (κ3) is 3.59. The number of rotatable bonds is 6. The van der Waals surface area contributed by atoms with Crippen LogP contribution in [0.1, 0.15) is 24.0 Å². The number of nitrogens with zero attached hydrogens (tertiary/aromatic N) is 3. The van der Waals surface area contributed by atoms with Gasteiger partial charge in [-0.2, -0.15) is 5.10 Å². The van der Waals surface area contributed by atoms with Gasteiger partial charge in [-0.25, -0.2) is 9.97 Å². The number of anilines is 2. The van der Waals surface area contributed by atoms with Crippen molar-refractivity contribution in [2.24, 2.45) is 0 Å². The molecule has 28 heavy (non-hydrogen) atoms. The molecule has 4 rings (SSSR count). The number of nitrogens with two attached hydrogens (primary N) is 2. The Morgan fingerprint density at radius 1 is 0.964 bits per heavy atom. The normalized spacial score (nSPS) is 11.1. The number of aromatic hydroxyl groups is 1. The largest absolute Gasteiger partial charge is 0.508 e. The summed E-state index contributed by atoms with van der Waals surface area (Å²) in [5.74, 6) is 1.10. The maximum Gasteiger partial charge on any atom is 0.220 e. The highest BCUT2D eigenvalue weighted by Gasteiger charge is 2.12. The lowest BCUT2D eigenvalue weighted by Crippen LogP contribution is -1.97. The average molecular weight is 374 g/mol. The van der Waals surface area contributed by atoms with Crippen LogP contribution in [0.25, 0.3) is 22.2 Å². The number of hydrogen-bond donors (Lipinski definition) is 4. The molecule has 7 heteroatoms. The predicted molar refractivity (Wildman–Crippen MR) is 111 cm³/mol. The van der Waals surface area contributed by atoms with E-state index in [0.29, 0.717) is 11.6 Å². The van der Waals surface area contributed by atoms with Gasteiger partial charge >= 0.3 is 0 Å². The second-order valence-corrected chi connectivity index (χ2v) is 6.80. The third-order valence-corrected chi connectivity index (χ3v) is 4.88. The molecule has 0 saturated carbocycles. The summed E-state index contributed by atoms with van der Waals surface area (Å²) in [6.45, 7) is 0. The maximum atomic E-state index is 9.91. The second kappa shape index (κ2) is 7.56. The molecule has 142 valence electrons. The van der Waals surface area contributed by atoms with Crippen molar-refractivity contribution in [3.63, 3.8) is 0 Å². The van der Waals surface area contributed by atoms with Crippen LogP contribution in [0, 0.1) is 0 Å². The first kappa shape index (κ1) is 17.8. The molecule has 0 spiro atoms. The van der Waals surface area contributed by atoms with Crippen LogP contribution in [0.15, 0.2) is 48.7 Å². The Kier molecular flexibility index (Phi) is 4.80. The second-order valence-electron chi connectivity index (χ2n) is 6.80. The van der Waals surface area contributed by atoms with Crippen LogP contribution in [0.2, 0.25) is 0 Å². The van der Waals surface area contributed by atoms with Gasteiger partial charge < -0.3 is 16.6 Å². The minimum Gasteiger partial charge on any atom is -0.508 e. The quantitative estimate of drug-likeness (QED) is 0.383. The number of hydrogen-bond acceptors (Lipinski definition) is 6. The van der Waals surface area contributed by atoms with Gasteiger partial charge in [0.1, 0.15) is 5.75 Å². The molecule has 0 aliphatic heterocycles. The van der Waals surface area contributed by atoms with Gasteiger partial charge in [0.05, 0.1) is 11.2 Å². The highest BCUT2D eigenvalue weighted by Crippen LogP contribution is 2.30. The smallest absolute Gasteiger partial charge is 0.220 e. The van der Waals surface area contributed by atoms with E-state index in [9.17, 15) is 5.11 Å². The summed E-state index contributed by atoms with van der Waals surface area (Å²) in [5.41, 5.74) is 16.5. The number of phenols is 1. The van der Waals surface area contributed by atoms with Crippen molar-refractivity contribution in [2.45, 2.75) is 25.7 Å². The van der Waals surface area contributed by atoms with Gasteiger partial charge in [0.15, 0.2) is 5.82 Å². The van der Waals surface area contributed by atoms with Crippen LogP contribution in [-0.2, 0) is 12.8 Å². The molecule has 0 radical (unpaired) electrons. The Bertz CT molecular complexity index is 1120. The summed E-state index contributed by atoms with van der Waals surface area (Å²) in [5, 5.41) is 18.0. The zero-order valence-electron chi connectivity index (χ0n) is 15.4. The maximum absolute atomic E-state index is 9.91. The van der Waals surface area contributed by atoms with Gasteiger partial charge in [-0.3, -0.25) is 5.10 Å². The fraction of sp³-hybridized carbons (Fsp3) is 0.190. The monoisotopic (exact) mass is 374 g/mol. The van der Waals surface area contributed by atoms with Crippen molar-refractivity contribution < 1.29 is 5.11 Å². The van der Waals surface area contributed by atoms with Gasteiger partial charge in [-0.05, 0) is 61.1 Å². The molecule has 2 aromatic carbocycles. The Morgan fingerprint density at radius 2 is 1.75 bits per heavy atom. The highest BCUT2D eigenvalue weighted by molar-refractivity contribution is 5.94. The minimum absolute atomic E-state index is 0.242. The lowest BCUT2D eigenvalue weighted by atomic mass is 9.97. The van der Waals surface area contributed by atoms with Crippen molar-refractivity contribution in [1.82, 2.24) is 20.2 Å². The minimum atomic E-state index is 0.242. The van der Waals surface area contributed by atoms with Crippen LogP contribution in [-0.4, -0.2) is 25.3 Å². The number of H-pyrrole nitrogens is 1. The molecule has 7 nitrogen and oxygen atoms in total. The van der Waals surface area contributed by atoms with Crippen molar-refractivity contribution in [2.75, 3.05) is 11.5 Å². The van der Waals surface area contributed by atoms with E-state index in [1.165, 1.54) is 0 Å². The molecule has 0 fully saturated rings. The summed E-state index contributed by atoms with van der Waals surface area (Å²) >= 11 is 0. The Labute approximate surface area is 162 Å². The van der Waals surface area contributed by atoms with Crippen molar-refractivity contribution in [3.8, 4) is 17.0 Å². The SMILES string of the molecule is Nc1nccc(-c2cc(CCCCc3ccccc3O)c3c(N)n[nH]c3c2)n1. The Morgan fingerprint density at radius 3 is 2.54 bits per heavy atom. The van der Waals surface area contributed by atoms with Crippen LogP contribution >= 0.6 is 0 Å². The van der Waals surface area contributed by atoms with Crippen molar-refractivity contribution in [1.29, 1.82) is 0 Å². The van der Waals surface area contributed by atoms with Crippen LogP contribution in [0.5, 0.6) is 5.75 Å². The first-order valence-electron chi connectivity index (χ1n) is 9.24. The average Bonchev–Trinajstić information content (AvgIpc) is 3.07. The standard InChI is InChI=1S/C21H22N6O/c22-20-19-14(7-2-1-5-13-6-3-4-8-18(13)28)11-15(12-17(19)26-27-20)16-9-10-24-21(23)25-16/h3-4,6,8-12,28H,1-2,5,7H2,(H3,22,26,27)(H2,23,24,25). The van der Waals surface area contributed by atoms with Gasteiger partial charge in [0, 0.05) is 17.1 Å². The lowest BCUT2D eigenvalue weighted by molar-refractivity contribution is 0.466. The molecule has 0 aliphatic carbocycles. The molecule has 0 amide bonds. The summed E-state index contributed by atoms with van der Waals surface area (Å²) in [6.07, 6.45) is 5.25. The van der Waals surface area contributed by atoms with Crippen LogP contribution in [0.3, 0.4) is 0 Å². The van der Waals surface area contributed by atoms with Crippen molar-refractivity contribution in [3.05, 3.63) is 59.8 Å². The number of unbranched alkanes of at least 4 members (excludes halogenated alkanes) is 1. The number of para-hydroxylation sites is 1. The van der Waals surface area contributed by atoms with E-state index in [1.807, 2.05) is 30.3 Å². The Hall–Kier alpha value is -3.61. The summed E-state index contributed by atoms with van der Waals surface area (Å²) in [4.78, 5) is 8.27. The van der Waals surface area contributed by atoms with E-state index in [1.54, 1.807) is 12.3 Å². The molecule has 0 bridgehead atoms. The fourth-order valence-electron chi connectivity index (χ4n) is 3.50. The number of fused-ring (bicyclic) bond motifs is 1. The fourth-order valence-corrected chi connectivity index (χ4v) is 3.50. The van der Waals surface area contributed by atoms with Gasteiger partial charge in [-0.15, -0.1) is 0 Å². The predicted octanol–water partition coefficient (Wildman–Crippen LogP) is 3.46. The molecule has 4 aromatic rings. The molecule has 2 aromatic heterocycles. The molecule has 2 heterocycles. The molecule has 0 unspecified atom stereocenters. The van der Waals surface area contributed by atoms with Crippen LogP contribution in [0.4, 0.5) is 11.8 Å². The topological polar surface area (TPSA) is 127 Å². The number of phenolic OH excluding ortho intramolecular Hbond substituents is 1. The van der Waals surface area contributed by atoms with Crippen LogP contribution < -0.4 is 11.5 Å². The summed E-state index contributed by atoms with van der Waals surface area (Å²) in [6, 6.07) is 13.4. The summed E-state index contributed by atoms with van der Waals surface area (Å²) < 4.78 is 0. The number of benzene rings is 2. The third-order valence-electron chi connectivity index (χ3n) is 4.88. The zero-order chi connectivity index (χ0) is 19.5. The van der Waals surface area contributed by atoms with E-state index in [2.05, 4.69) is 26.2 Å². The van der Waals surface area contributed by atoms with Gasteiger partial charge in [-0.1, -0.05) is 18.2 Å². The number of aromatic amines is 1. The van der Waals surface area contributed by atoms with E-state index in [4.69, 9.17) is 11.5 Å². The van der Waals surface area contributed by atoms with Gasteiger partial charge in [0.25, 0.3) is 0 Å². The first-order valence-corrected chi connectivity index (χ1v) is 9.24. The molecular weight excluding hydrogens is 352 g/mol. The molecule has 6 N–H and O–H groups in total. The molecule has 0 atom stereocenters. The number of aromatic nitrogens is 4. The number of aryl methyl sites for hydroxylation is 2. The van der Waals surface area contributed by atoms with E-state index < -0.39 is 0 Å². The number of nitrogens with one attached hydrogen (secondary N) is 1. The Balaban J connectivity index is 1.57. The van der Waals surface area contributed by atoms with Crippen molar-refractivity contribution >= 4 is 22.7 Å². The number of nitrogen functional groups attached to an aromatic ring is 2. The molecular formula is C21H22N6O. The van der Waals surface area contributed by atoms with E-state index in [0.717, 1.165) is 59.0 Å². The highest BCUT2D eigenvalue weighted by atomic mass is 16.3. The molecule has 0 aliphatic rings. The van der Waals surface area contributed by atoms with E-state index in [-0.39, 0.29) is 5.95 Å². The van der Waals surface area contributed by atoms with Gasteiger partial charge in [0.2, 0.25) is 5.95 Å². The lowest BCUT2D eigenvalue weighted by Gasteiger charge is -2.09. The van der Waals surface area contributed by atoms with E-state index >= 15 is 0 Å². The zero-order valence-corrected chi connectivity index (χ0v) is 15.4.